The summed E-state index contributed by atoms with van der Waals surface area (Å²) in [6.45, 7) is 2.48. The number of nitrogens with two attached hydrogens (primary N) is 1. The Morgan fingerprint density at radius 3 is 2.95 bits per heavy atom. The number of carbonyl (C=O) groups is 1. The van der Waals surface area contributed by atoms with Crippen LogP contribution in [0.4, 0.5) is 0 Å². The van der Waals surface area contributed by atoms with Gasteiger partial charge in [0.1, 0.15) is 5.52 Å². The second-order valence-electron chi connectivity index (χ2n) is 4.96. The first kappa shape index (κ1) is 18.8. The molecule has 1 atom stereocenters. The molecule has 0 aliphatic carbocycles. The zero-order valence-corrected chi connectivity index (χ0v) is 14.4. The number of nitrogens with one attached hydrogen (secondary N) is 1. The van der Waals surface area contributed by atoms with E-state index in [1.54, 1.807) is 11.8 Å². The molecule has 7 heteroatoms. The van der Waals surface area contributed by atoms with Crippen molar-refractivity contribution in [3.63, 3.8) is 0 Å². The Kier molecular flexibility index (Phi) is 7.72. The largest absolute Gasteiger partial charge is 0.441 e. The number of thioether (sulfide) groups is 1. The first-order valence-electron chi connectivity index (χ1n) is 6.99. The molecule has 122 valence electrons. The summed E-state index contributed by atoms with van der Waals surface area (Å²) in [7, 11) is 0. The molecule has 5 nitrogen and oxygen atoms in total. The highest BCUT2D eigenvalue weighted by Crippen LogP contribution is 2.18. The van der Waals surface area contributed by atoms with Crippen LogP contribution in [0.15, 0.2) is 22.6 Å². The predicted octanol–water partition coefficient (Wildman–Crippen LogP) is 2.30. The van der Waals surface area contributed by atoms with E-state index in [0.29, 0.717) is 25.3 Å². The van der Waals surface area contributed by atoms with Gasteiger partial charge in [0.25, 0.3) is 0 Å². The average Bonchev–Trinajstić information content (AvgIpc) is 2.89. The fourth-order valence-corrected chi connectivity index (χ4v) is 2.53. The average molecular weight is 344 g/mol. The van der Waals surface area contributed by atoms with Crippen molar-refractivity contribution in [3.05, 3.63) is 29.7 Å². The number of rotatable bonds is 7. The zero-order chi connectivity index (χ0) is 15.2. The van der Waals surface area contributed by atoms with Gasteiger partial charge in [-0.05, 0) is 37.0 Å². The predicted molar refractivity (Wildman–Crippen MR) is 93.7 cm³/mol. The van der Waals surface area contributed by atoms with Crippen LogP contribution in [0, 0.1) is 6.92 Å². The maximum absolute atomic E-state index is 11.8. The summed E-state index contributed by atoms with van der Waals surface area (Å²) in [5, 5.41) is 2.83. The Hall–Kier alpha value is -1.24. The highest BCUT2D eigenvalue weighted by atomic mass is 35.5. The fraction of sp³-hybridized carbons (Fsp3) is 0.467. The number of halogens is 1. The van der Waals surface area contributed by atoms with Gasteiger partial charge in [-0.25, -0.2) is 4.98 Å². The molecule has 1 amide bonds. The molecule has 1 aromatic heterocycles. The van der Waals surface area contributed by atoms with Crippen LogP contribution in [0.2, 0.25) is 0 Å². The van der Waals surface area contributed by atoms with Crippen molar-refractivity contribution in [3.8, 4) is 0 Å². The molecule has 0 radical (unpaired) electrons. The highest BCUT2D eigenvalue weighted by molar-refractivity contribution is 7.98. The number of carbonyl (C=O) groups excluding carboxylic acids is 1. The third-order valence-corrected chi connectivity index (χ3v) is 3.92. The van der Waals surface area contributed by atoms with E-state index in [1.807, 2.05) is 31.4 Å². The van der Waals surface area contributed by atoms with Crippen molar-refractivity contribution in [1.82, 2.24) is 10.3 Å². The van der Waals surface area contributed by atoms with Crippen LogP contribution in [0.25, 0.3) is 11.1 Å². The molecule has 0 saturated carbocycles. The van der Waals surface area contributed by atoms with Crippen LogP contribution in [0.1, 0.15) is 17.9 Å². The van der Waals surface area contributed by atoms with Gasteiger partial charge in [0.2, 0.25) is 5.91 Å². The maximum atomic E-state index is 11.8. The van der Waals surface area contributed by atoms with Gasteiger partial charge in [0, 0.05) is 13.0 Å². The monoisotopic (exact) mass is 343 g/mol. The molecule has 2 rings (SSSR count). The SMILES string of the molecule is CSCC[C@H](N)C(=O)NCCc1nc2c(C)cccc2o1.Cl. The molecular formula is C15H22ClN3O2S. The van der Waals surface area contributed by atoms with Crippen LogP contribution in [-0.4, -0.2) is 35.5 Å². The summed E-state index contributed by atoms with van der Waals surface area (Å²) < 4.78 is 5.66. The molecule has 0 unspecified atom stereocenters. The lowest BCUT2D eigenvalue weighted by Gasteiger charge is -2.10. The van der Waals surface area contributed by atoms with Crippen LogP contribution < -0.4 is 11.1 Å². The number of nitrogens with zero attached hydrogens (tertiary/aromatic N) is 1. The van der Waals surface area contributed by atoms with Gasteiger partial charge in [-0.1, -0.05) is 12.1 Å². The number of hydrogen-bond donors (Lipinski definition) is 2. The van der Waals surface area contributed by atoms with Gasteiger partial charge >= 0.3 is 0 Å². The van der Waals surface area contributed by atoms with Crippen LogP contribution in [0.3, 0.4) is 0 Å². The fourth-order valence-electron chi connectivity index (χ4n) is 2.04. The number of fused-ring (bicyclic) bond motifs is 1. The molecule has 0 saturated heterocycles. The number of aryl methyl sites for hydroxylation is 1. The molecule has 0 fully saturated rings. The van der Waals surface area contributed by atoms with Crippen molar-refractivity contribution >= 4 is 41.2 Å². The van der Waals surface area contributed by atoms with Gasteiger partial charge in [-0.3, -0.25) is 4.79 Å². The summed E-state index contributed by atoms with van der Waals surface area (Å²) in [5.41, 5.74) is 8.56. The number of hydrogen-bond acceptors (Lipinski definition) is 5. The van der Waals surface area contributed by atoms with Gasteiger partial charge < -0.3 is 15.5 Å². The first-order valence-corrected chi connectivity index (χ1v) is 8.38. The van der Waals surface area contributed by atoms with Crippen molar-refractivity contribution in [1.29, 1.82) is 0 Å². The smallest absolute Gasteiger partial charge is 0.236 e. The normalized spacial score (nSPS) is 12.0. The van der Waals surface area contributed by atoms with Crippen molar-refractivity contribution < 1.29 is 9.21 Å². The minimum atomic E-state index is -0.441. The Morgan fingerprint density at radius 2 is 2.27 bits per heavy atom. The number of aromatic nitrogens is 1. The second kappa shape index (κ2) is 9.02. The lowest BCUT2D eigenvalue weighted by Crippen LogP contribution is -2.41. The highest BCUT2D eigenvalue weighted by Gasteiger charge is 2.13. The number of oxazole rings is 1. The molecule has 1 heterocycles. The Balaban J connectivity index is 0.00000242. The molecule has 0 spiro atoms. The van der Waals surface area contributed by atoms with Gasteiger partial charge in [-0.2, -0.15) is 11.8 Å². The molecule has 3 N–H and O–H groups in total. The standard InChI is InChI=1S/C15H21N3O2S.ClH/c1-10-4-3-5-12-14(10)18-13(20-12)6-8-17-15(19)11(16)7-9-21-2;/h3-5,11H,6-9,16H2,1-2H3,(H,17,19);1H/t11-;/m0./s1. The van der Waals surface area contributed by atoms with E-state index in [0.717, 1.165) is 22.4 Å². The molecule has 0 aliphatic rings. The topological polar surface area (TPSA) is 81.2 Å². The summed E-state index contributed by atoms with van der Waals surface area (Å²) in [4.78, 5) is 16.2. The van der Waals surface area contributed by atoms with Gasteiger partial charge in [-0.15, -0.1) is 12.4 Å². The van der Waals surface area contributed by atoms with Crippen LogP contribution in [0.5, 0.6) is 0 Å². The maximum Gasteiger partial charge on any atom is 0.236 e. The number of amides is 1. The van der Waals surface area contributed by atoms with Crippen molar-refractivity contribution in [2.24, 2.45) is 5.73 Å². The Morgan fingerprint density at radius 1 is 1.50 bits per heavy atom. The summed E-state index contributed by atoms with van der Waals surface area (Å²) >= 11 is 1.69. The van der Waals surface area contributed by atoms with E-state index in [1.165, 1.54) is 0 Å². The zero-order valence-electron chi connectivity index (χ0n) is 12.8. The summed E-state index contributed by atoms with van der Waals surface area (Å²) in [5.74, 6) is 1.41. The Bertz CT molecular complexity index is 618. The number of para-hydroxylation sites is 1. The van der Waals surface area contributed by atoms with Gasteiger partial charge in [0.15, 0.2) is 11.5 Å². The van der Waals surface area contributed by atoms with E-state index in [-0.39, 0.29) is 18.3 Å². The molecule has 22 heavy (non-hydrogen) atoms. The van der Waals surface area contributed by atoms with Crippen molar-refractivity contribution in [2.45, 2.75) is 25.8 Å². The number of benzene rings is 1. The van der Waals surface area contributed by atoms with E-state index in [2.05, 4.69) is 10.3 Å². The van der Waals surface area contributed by atoms with E-state index >= 15 is 0 Å². The quantitative estimate of drug-likeness (QED) is 0.806. The van der Waals surface area contributed by atoms with Gasteiger partial charge in [0.05, 0.1) is 6.04 Å². The van der Waals surface area contributed by atoms with Crippen LogP contribution in [-0.2, 0) is 11.2 Å². The lowest BCUT2D eigenvalue weighted by atomic mass is 10.2. The van der Waals surface area contributed by atoms with Crippen LogP contribution >= 0.6 is 24.2 Å². The molecule has 2 aromatic rings. The first-order chi connectivity index (χ1) is 10.1. The van der Waals surface area contributed by atoms with E-state index in [4.69, 9.17) is 10.2 Å². The third kappa shape index (κ3) is 4.90. The molecule has 0 bridgehead atoms. The summed E-state index contributed by atoms with van der Waals surface area (Å²) in [6, 6.07) is 5.40. The minimum Gasteiger partial charge on any atom is -0.441 e. The third-order valence-electron chi connectivity index (χ3n) is 3.27. The van der Waals surface area contributed by atoms with E-state index < -0.39 is 6.04 Å². The summed E-state index contributed by atoms with van der Waals surface area (Å²) in [6.07, 6.45) is 3.25. The lowest BCUT2D eigenvalue weighted by molar-refractivity contribution is -0.122. The second-order valence-corrected chi connectivity index (χ2v) is 5.94. The minimum absolute atomic E-state index is 0. The van der Waals surface area contributed by atoms with Crippen molar-refractivity contribution in [2.75, 3.05) is 18.6 Å². The molecular weight excluding hydrogens is 322 g/mol. The Labute approximate surface area is 140 Å². The molecule has 0 aliphatic heterocycles. The van der Waals surface area contributed by atoms with E-state index in [9.17, 15) is 4.79 Å². The molecule has 1 aromatic carbocycles.